The highest BCUT2D eigenvalue weighted by molar-refractivity contribution is 5.39. The Morgan fingerprint density at radius 3 is 3.11 bits per heavy atom. The molecule has 1 aromatic rings. The van der Waals surface area contributed by atoms with Crippen LogP contribution in [0.1, 0.15) is 24.8 Å². The fraction of sp³-hybridized carbons (Fsp3) is 0.467. The first-order valence-electron chi connectivity index (χ1n) is 6.42. The van der Waals surface area contributed by atoms with Crippen molar-refractivity contribution in [1.29, 1.82) is 0 Å². The maximum absolute atomic E-state index is 5.74. The van der Waals surface area contributed by atoms with Crippen molar-refractivity contribution in [3.63, 3.8) is 0 Å². The maximum atomic E-state index is 5.74. The van der Waals surface area contributed by atoms with Crippen molar-refractivity contribution in [1.82, 2.24) is 0 Å². The minimum absolute atomic E-state index is 0.234. The van der Waals surface area contributed by atoms with E-state index in [2.05, 4.69) is 11.8 Å². The molecular formula is C15H19NO2. The predicted molar refractivity (Wildman–Crippen MR) is 71.5 cm³/mol. The van der Waals surface area contributed by atoms with Gasteiger partial charge in [-0.3, -0.25) is 0 Å². The maximum Gasteiger partial charge on any atom is 0.120 e. The standard InChI is InChI=1S/C15H19NO2/c16-9-4-6-13-5-3-8-14(11-13)18-12-15-7-1-2-10-17-15/h3,5,8,11,15H,1-2,7,9-10,12,16H2. The molecule has 1 saturated heterocycles. The van der Waals surface area contributed by atoms with E-state index < -0.39 is 0 Å². The van der Waals surface area contributed by atoms with Gasteiger partial charge < -0.3 is 15.2 Å². The first-order chi connectivity index (χ1) is 8.88. The van der Waals surface area contributed by atoms with Crippen LogP contribution in [0.25, 0.3) is 0 Å². The largest absolute Gasteiger partial charge is 0.491 e. The molecule has 1 aliphatic rings. The number of hydrogen-bond acceptors (Lipinski definition) is 3. The average Bonchev–Trinajstić information content (AvgIpc) is 2.44. The highest BCUT2D eigenvalue weighted by atomic mass is 16.5. The summed E-state index contributed by atoms with van der Waals surface area (Å²) >= 11 is 0. The van der Waals surface area contributed by atoms with Crippen LogP contribution in [0.2, 0.25) is 0 Å². The van der Waals surface area contributed by atoms with Crippen molar-refractivity contribution >= 4 is 0 Å². The fourth-order valence-corrected chi connectivity index (χ4v) is 1.94. The van der Waals surface area contributed by atoms with Crippen LogP contribution in [0.15, 0.2) is 24.3 Å². The summed E-state index contributed by atoms with van der Waals surface area (Å²) in [5.41, 5.74) is 6.28. The van der Waals surface area contributed by atoms with Crippen molar-refractivity contribution in [2.75, 3.05) is 19.8 Å². The Morgan fingerprint density at radius 1 is 1.39 bits per heavy atom. The van der Waals surface area contributed by atoms with Gasteiger partial charge in [-0.2, -0.15) is 0 Å². The molecule has 0 radical (unpaired) electrons. The molecule has 1 fully saturated rings. The van der Waals surface area contributed by atoms with Gasteiger partial charge in [0.25, 0.3) is 0 Å². The van der Waals surface area contributed by atoms with Crippen molar-refractivity contribution in [3.8, 4) is 17.6 Å². The number of hydrogen-bond donors (Lipinski definition) is 1. The molecular weight excluding hydrogens is 226 g/mol. The van der Waals surface area contributed by atoms with Gasteiger partial charge in [-0.1, -0.05) is 17.9 Å². The molecule has 3 heteroatoms. The van der Waals surface area contributed by atoms with E-state index >= 15 is 0 Å². The molecule has 2 N–H and O–H groups in total. The van der Waals surface area contributed by atoms with E-state index in [4.69, 9.17) is 15.2 Å². The molecule has 0 amide bonds. The molecule has 96 valence electrons. The summed E-state index contributed by atoms with van der Waals surface area (Å²) in [6.45, 7) is 1.85. The monoisotopic (exact) mass is 245 g/mol. The van der Waals surface area contributed by atoms with Gasteiger partial charge in [0.05, 0.1) is 12.6 Å². The fourth-order valence-electron chi connectivity index (χ4n) is 1.94. The smallest absolute Gasteiger partial charge is 0.120 e. The summed E-state index contributed by atoms with van der Waals surface area (Å²) in [5, 5.41) is 0. The van der Waals surface area contributed by atoms with E-state index in [1.165, 1.54) is 12.8 Å². The van der Waals surface area contributed by atoms with E-state index in [1.807, 2.05) is 24.3 Å². The molecule has 18 heavy (non-hydrogen) atoms. The highest BCUT2D eigenvalue weighted by Gasteiger charge is 2.14. The van der Waals surface area contributed by atoms with Crippen LogP contribution < -0.4 is 10.5 Å². The Bertz CT molecular complexity index is 428. The van der Waals surface area contributed by atoms with Gasteiger partial charge in [-0.25, -0.2) is 0 Å². The van der Waals surface area contributed by atoms with Crippen LogP contribution in [-0.4, -0.2) is 25.9 Å². The quantitative estimate of drug-likeness (QED) is 0.828. The number of rotatable bonds is 3. The van der Waals surface area contributed by atoms with Crippen molar-refractivity contribution in [2.24, 2.45) is 5.73 Å². The Labute approximate surface area is 108 Å². The summed E-state index contributed by atoms with van der Waals surface area (Å²) < 4.78 is 11.4. The van der Waals surface area contributed by atoms with Crippen LogP contribution in [0.3, 0.4) is 0 Å². The van der Waals surface area contributed by atoms with E-state index in [1.54, 1.807) is 0 Å². The Balaban J connectivity index is 1.88. The summed E-state index contributed by atoms with van der Waals surface area (Å²) in [7, 11) is 0. The summed E-state index contributed by atoms with van der Waals surface area (Å²) in [5.74, 6) is 6.67. The third kappa shape index (κ3) is 4.06. The lowest BCUT2D eigenvalue weighted by atomic mass is 10.1. The molecule has 0 aliphatic carbocycles. The minimum Gasteiger partial charge on any atom is -0.491 e. The van der Waals surface area contributed by atoms with E-state index in [0.29, 0.717) is 13.2 Å². The molecule has 1 aliphatic heterocycles. The molecule has 1 heterocycles. The first kappa shape index (κ1) is 12.9. The van der Waals surface area contributed by atoms with Gasteiger partial charge >= 0.3 is 0 Å². The zero-order valence-corrected chi connectivity index (χ0v) is 10.5. The Morgan fingerprint density at radius 2 is 2.33 bits per heavy atom. The van der Waals surface area contributed by atoms with Crippen molar-refractivity contribution in [2.45, 2.75) is 25.4 Å². The molecule has 0 aromatic heterocycles. The second-order valence-corrected chi connectivity index (χ2v) is 4.33. The van der Waals surface area contributed by atoms with Gasteiger partial charge in [0, 0.05) is 12.2 Å². The van der Waals surface area contributed by atoms with Gasteiger partial charge in [0.1, 0.15) is 12.4 Å². The zero-order valence-electron chi connectivity index (χ0n) is 10.5. The number of benzene rings is 1. The van der Waals surface area contributed by atoms with Crippen LogP contribution in [0.5, 0.6) is 5.75 Å². The van der Waals surface area contributed by atoms with Gasteiger partial charge in [0.15, 0.2) is 0 Å². The second-order valence-electron chi connectivity index (χ2n) is 4.33. The van der Waals surface area contributed by atoms with Gasteiger partial charge in [0.2, 0.25) is 0 Å². The molecule has 2 rings (SSSR count). The lowest BCUT2D eigenvalue weighted by Gasteiger charge is -2.22. The summed E-state index contributed by atoms with van der Waals surface area (Å²) in [6.07, 6.45) is 3.72. The van der Waals surface area contributed by atoms with E-state index in [9.17, 15) is 0 Å². The van der Waals surface area contributed by atoms with Crippen molar-refractivity contribution in [3.05, 3.63) is 29.8 Å². The third-order valence-electron chi connectivity index (χ3n) is 2.88. The molecule has 0 saturated carbocycles. The lowest BCUT2D eigenvalue weighted by molar-refractivity contribution is -0.0110. The van der Waals surface area contributed by atoms with Crippen LogP contribution >= 0.6 is 0 Å². The lowest BCUT2D eigenvalue weighted by Crippen LogP contribution is -2.25. The van der Waals surface area contributed by atoms with Crippen LogP contribution in [-0.2, 0) is 4.74 Å². The highest BCUT2D eigenvalue weighted by Crippen LogP contribution is 2.16. The molecule has 3 nitrogen and oxygen atoms in total. The second kappa shape index (κ2) is 7.05. The van der Waals surface area contributed by atoms with Gasteiger partial charge in [-0.05, 0) is 37.5 Å². The average molecular weight is 245 g/mol. The molecule has 1 atom stereocenters. The molecule has 0 spiro atoms. The molecule has 1 aromatic carbocycles. The Kier molecular flexibility index (Phi) is 5.07. The SMILES string of the molecule is NCC#Cc1cccc(OCC2CCCCO2)c1. The van der Waals surface area contributed by atoms with Gasteiger partial charge in [-0.15, -0.1) is 0 Å². The summed E-state index contributed by atoms with van der Waals surface area (Å²) in [6, 6.07) is 7.77. The first-order valence-corrected chi connectivity index (χ1v) is 6.42. The van der Waals surface area contributed by atoms with Crippen molar-refractivity contribution < 1.29 is 9.47 Å². The zero-order chi connectivity index (χ0) is 12.6. The third-order valence-corrected chi connectivity index (χ3v) is 2.88. The van der Waals surface area contributed by atoms with Crippen LogP contribution in [0, 0.1) is 11.8 Å². The van der Waals surface area contributed by atoms with E-state index in [0.717, 1.165) is 24.3 Å². The summed E-state index contributed by atoms with van der Waals surface area (Å²) in [4.78, 5) is 0. The molecule has 1 unspecified atom stereocenters. The van der Waals surface area contributed by atoms with Crippen LogP contribution in [0.4, 0.5) is 0 Å². The predicted octanol–water partition coefficient (Wildman–Crippen LogP) is 1.94. The number of nitrogens with two attached hydrogens (primary N) is 1. The normalized spacial score (nSPS) is 18.8. The molecule has 0 bridgehead atoms. The number of ether oxygens (including phenoxy) is 2. The topological polar surface area (TPSA) is 44.5 Å². The minimum atomic E-state index is 0.234. The Hall–Kier alpha value is -1.50. The van der Waals surface area contributed by atoms with E-state index in [-0.39, 0.29) is 6.10 Å².